The summed E-state index contributed by atoms with van der Waals surface area (Å²) in [6, 6.07) is 0. The summed E-state index contributed by atoms with van der Waals surface area (Å²) in [5, 5.41) is 6.82. The smallest absolute Gasteiger partial charge is 0.266 e. The molecule has 0 radical (unpaired) electrons. The number of amides is 1. The maximum Gasteiger partial charge on any atom is 0.278 e. The van der Waals surface area contributed by atoms with Gasteiger partial charge in [-0.3, -0.25) is 4.79 Å². The molecule has 0 saturated carbocycles. The molecule has 0 aromatic rings. The fraction of sp³-hybridized carbons (Fsp3) is 0.897. The van der Waals surface area contributed by atoms with Gasteiger partial charge < -0.3 is 0 Å². The molecule has 0 aliphatic rings. The van der Waals surface area contributed by atoms with Crippen LogP contribution in [0.25, 0.3) is 0 Å². The minimum Gasteiger partial charge on any atom is -0.266 e. The molecule has 1 amide bonds. The highest BCUT2D eigenvalue weighted by atomic mass is 16.2. The fourth-order valence-electron chi connectivity index (χ4n) is 4.22. The third-order valence-electron chi connectivity index (χ3n) is 6.53. The van der Waals surface area contributed by atoms with Crippen molar-refractivity contribution in [1.82, 2.24) is 15.1 Å². The van der Waals surface area contributed by atoms with E-state index < -0.39 is 0 Å². The minimum atomic E-state index is 0.120. The van der Waals surface area contributed by atoms with Gasteiger partial charge in [-0.05, 0) is 32.1 Å². The van der Waals surface area contributed by atoms with Gasteiger partial charge >= 0.3 is 0 Å². The first-order valence-electron chi connectivity index (χ1n) is 14.6. The van der Waals surface area contributed by atoms with Crippen LogP contribution in [0.1, 0.15) is 144 Å². The molecule has 0 bridgehead atoms. The molecule has 0 aromatic carbocycles. The maximum atomic E-state index is 13.7. The van der Waals surface area contributed by atoms with Gasteiger partial charge in [0, 0.05) is 31.8 Å². The molecule has 0 spiro atoms. The van der Waals surface area contributed by atoms with Gasteiger partial charge in [0.05, 0.1) is 0 Å². The quantitative estimate of drug-likeness (QED) is 0.0811. The van der Waals surface area contributed by atoms with Crippen molar-refractivity contribution >= 4 is 5.91 Å². The van der Waals surface area contributed by atoms with E-state index in [1.165, 1.54) is 77.0 Å². The lowest BCUT2D eigenvalue weighted by atomic mass is 10.1. The molecular weight excluding hydrogens is 406 g/mol. The summed E-state index contributed by atoms with van der Waals surface area (Å²) in [6.07, 6.45) is 20.4. The van der Waals surface area contributed by atoms with Gasteiger partial charge in [-0.2, -0.15) is 5.12 Å². The van der Waals surface area contributed by atoms with E-state index in [2.05, 4.69) is 56.3 Å². The predicted octanol–water partition coefficient (Wildman–Crippen LogP) is 8.54. The fourth-order valence-corrected chi connectivity index (χ4v) is 4.22. The molecular formula is C29H59N3O. The number of carbonyl (C=O) groups is 1. The van der Waals surface area contributed by atoms with Gasteiger partial charge in [0.2, 0.25) is 0 Å². The Morgan fingerprint density at radius 1 is 0.515 bits per heavy atom. The average Bonchev–Trinajstić information content (AvgIpc) is 2.83. The highest BCUT2D eigenvalue weighted by Gasteiger charge is 2.28. The molecule has 0 aromatic heterocycles. The molecule has 4 nitrogen and oxygen atoms in total. The molecule has 196 valence electrons. The molecule has 0 unspecified atom stereocenters. The minimum absolute atomic E-state index is 0.120. The van der Waals surface area contributed by atoms with Crippen LogP contribution in [-0.4, -0.2) is 47.2 Å². The third-order valence-corrected chi connectivity index (χ3v) is 6.53. The van der Waals surface area contributed by atoms with Gasteiger partial charge in [-0.1, -0.05) is 118 Å². The molecule has 0 N–H and O–H groups in total. The second-order valence-electron chi connectivity index (χ2n) is 9.70. The second-order valence-corrected chi connectivity index (χ2v) is 9.70. The van der Waals surface area contributed by atoms with Crippen LogP contribution in [0.3, 0.4) is 0 Å². The van der Waals surface area contributed by atoms with Crippen LogP contribution < -0.4 is 0 Å². The van der Waals surface area contributed by atoms with E-state index in [4.69, 9.17) is 0 Å². The summed E-state index contributed by atoms with van der Waals surface area (Å²) in [5.41, 5.74) is 0.731. The van der Waals surface area contributed by atoms with Crippen molar-refractivity contribution < 1.29 is 4.79 Å². The summed E-state index contributed by atoms with van der Waals surface area (Å²) >= 11 is 0. The van der Waals surface area contributed by atoms with E-state index in [1.54, 1.807) is 0 Å². The Kier molecular flexibility index (Phi) is 22.3. The van der Waals surface area contributed by atoms with E-state index in [-0.39, 0.29) is 5.91 Å². The van der Waals surface area contributed by atoms with Crippen LogP contribution in [0.5, 0.6) is 0 Å². The highest BCUT2D eigenvalue weighted by molar-refractivity contribution is 5.92. The Hall–Kier alpha value is -0.870. The molecule has 33 heavy (non-hydrogen) atoms. The monoisotopic (exact) mass is 465 g/mol. The van der Waals surface area contributed by atoms with Crippen LogP contribution in [0.2, 0.25) is 0 Å². The predicted molar refractivity (Wildman–Crippen MR) is 146 cm³/mol. The Morgan fingerprint density at radius 2 is 0.818 bits per heavy atom. The Balaban J connectivity index is 5.64. The number of rotatable bonds is 24. The Morgan fingerprint density at radius 3 is 1.06 bits per heavy atom. The molecule has 0 heterocycles. The van der Waals surface area contributed by atoms with Crippen LogP contribution >= 0.6 is 0 Å². The largest absolute Gasteiger partial charge is 0.278 e. The lowest BCUT2D eigenvalue weighted by Gasteiger charge is -2.43. The van der Waals surface area contributed by atoms with Crippen LogP contribution in [0.4, 0.5) is 0 Å². The average molecular weight is 466 g/mol. The number of unbranched alkanes of at least 4 members (excludes halogenated alkanes) is 12. The normalized spacial score (nSPS) is 11.5. The summed E-state index contributed by atoms with van der Waals surface area (Å²) in [7, 11) is 0. The van der Waals surface area contributed by atoms with Gasteiger partial charge in [0.25, 0.3) is 5.91 Å². The molecule has 4 heteroatoms. The summed E-state index contributed by atoms with van der Waals surface area (Å²) < 4.78 is 0. The number of hydrogen-bond donors (Lipinski definition) is 0. The summed E-state index contributed by atoms with van der Waals surface area (Å²) in [6.45, 7) is 19.1. The Bertz CT molecular complexity index is 414. The number of hydrazine groups is 2. The van der Waals surface area contributed by atoms with Crippen molar-refractivity contribution in [1.29, 1.82) is 0 Å². The molecule has 0 saturated heterocycles. The summed E-state index contributed by atoms with van der Waals surface area (Å²) in [4.78, 5) is 13.7. The van der Waals surface area contributed by atoms with Crippen molar-refractivity contribution in [3.8, 4) is 0 Å². The molecule has 0 aliphatic carbocycles. The number of hydrogen-bond acceptors (Lipinski definition) is 3. The van der Waals surface area contributed by atoms with E-state index in [9.17, 15) is 4.79 Å². The van der Waals surface area contributed by atoms with Crippen molar-refractivity contribution in [2.24, 2.45) is 0 Å². The SMILES string of the molecule is C=C(CC)C(=O)N(N(CCCCCC)CCCCCC)N(CCCCCC)CCCCCC. The zero-order chi connectivity index (χ0) is 24.7. The maximum absolute atomic E-state index is 13.7. The first-order valence-corrected chi connectivity index (χ1v) is 14.6. The summed E-state index contributed by atoms with van der Waals surface area (Å²) in [5.74, 6) is 0.120. The zero-order valence-corrected chi connectivity index (χ0v) is 23.3. The van der Waals surface area contributed by atoms with Crippen molar-refractivity contribution in [2.75, 3.05) is 26.2 Å². The number of nitrogens with zero attached hydrogens (tertiary/aromatic N) is 3. The van der Waals surface area contributed by atoms with E-state index in [1.807, 2.05) is 0 Å². The highest BCUT2D eigenvalue weighted by Crippen LogP contribution is 2.18. The van der Waals surface area contributed by atoms with Crippen molar-refractivity contribution in [2.45, 2.75) is 144 Å². The molecule has 0 rings (SSSR count). The standard InChI is InChI=1S/C29H59N3O/c1-7-12-16-20-24-30(25-21-17-13-8-2)32(29(33)28(6)11-5)31(26-22-18-14-9-3)27-23-19-15-10-4/h6-27H2,1-5H3. The lowest BCUT2D eigenvalue weighted by molar-refractivity contribution is -0.197. The van der Waals surface area contributed by atoms with E-state index >= 15 is 0 Å². The lowest BCUT2D eigenvalue weighted by Crippen LogP contribution is -2.57. The molecule has 0 aliphatic heterocycles. The zero-order valence-electron chi connectivity index (χ0n) is 23.3. The van der Waals surface area contributed by atoms with Gasteiger partial charge in [-0.15, -0.1) is 0 Å². The number of carbonyl (C=O) groups excluding carboxylic acids is 1. The topological polar surface area (TPSA) is 26.8 Å². The van der Waals surface area contributed by atoms with Crippen LogP contribution in [0, 0.1) is 0 Å². The second kappa shape index (κ2) is 22.9. The molecule has 0 fully saturated rings. The van der Waals surface area contributed by atoms with Gasteiger partial charge in [0.15, 0.2) is 0 Å². The van der Waals surface area contributed by atoms with E-state index in [0.29, 0.717) is 6.42 Å². The third kappa shape index (κ3) is 15.6. The van der Waals surface area contributed by atoms with Gasteiger partial charge in [0.1, 0.15) is 0 Å². The molecule has 0 atom stereocenters. The van der Waals surface area contributed by atoms with Crippen molar-refractivity contribution in [3.63, 3.8) is 0 Å². The van der Waals surface area contributed by atoms with E-state index in [0.717, 1.165) is 57.4 Å². The van der Waals surface area contributed by atoms with Crippen LogP contribution in [-0.2, 0) is 4.79 Å². The first kappa shape index (κ1) is 32.1. The van der Waals surface area contributed by atoms with Crippen molar-refractivity contribution in [3.05, 3.63) is 12.2 Å². The van der Waals surface area contributed by atoms with Gasteiger partial charge in [-0.25, -0.2) is 10.0 Å². The first-order chi connectivity index (χ1) is 16.1. The van der Waals surface area contributed by atoms with Crippen LogP contribution in [0.15, 0.2) is 12.2 Å². The Labute approximate surface area is 208 Å².